The lowest BCUT2D eigenvalue weighted by Crippen LogP contribution is -2.62. The highest BCUT2D eigenvalue weighted by Crippen LogP contribution is 2.32. The molecule has 8 heteroatoms. The van der Waals surface area contributed by atoms with Crippen molar-refractivity contribution in [3.8, 4) is 5.75 Å². The minimum atomic E-state index is -0.983. The summed E-state index contributed by atoms with van der Waals surface area (Å²) < 4.78 is 43.3. The number of carbonyl (C=O) groups excluding carboxylic acids is 1. The van der Waals surface area contributed by atoms with Gasteiger partial charge in [-0.05, 0) is 41.0 Å². The van der Waals surface area contributed by atoms with E-state index < -0.39 is 36.7 Å². The molecule has 1 heterocycles. The first-order valence-corrected chi connectivity index (χ1v) is 15.3. The number of carbonyl (C=O) groups is 1. The van der Waals surface area contributed by atoms with Gasteiger partial charge in [-0.15, -0.1) is 6.58 Å². The maximum atomic E-state index is 13.5. The normalized spacial score (nSPS) is 20.9. The highest BCUT2D eigenvalue weighted by molar-refractivity contribution is 5.89. The highest BCUT2D eigenvalue weighted by Gasteiger charge is 2.50. The predicted octanol–water partition coefficient (Wildman–Crippen LogP) is 6.54. The van der Waals surface area contributed by atoms with E-state index in [9.17, 15) is 4.79 Å². The molecule has 1 aliphatic heterocycles. The second-order valence-electron chi connectivity index (χ2n) is 10.8. The Morgan fingerprint density at radius 1 is 0.696 bits per heavy atom. The molecule has 5 atom stereocenters. The topological polar surface area (TPSA) is 81.7 Å². The molecule has 1 aliphatic rings. The second-order valence-corrected chi connectivity index (χ2v) is 10.8. The summed E-state index contributed by atoms with van der Waals surface area (Å²) in [4.78, 5) is 13.5. The van der Waals surface area contributed by atoms with E-state index in [1.54, 1.807) is 37.5 Å². The van der Waals surface area contributed by atoms with Crippen LogP contribution in [0.3, 0.4) is 0 Å². The Hall–Kier alpha value is -4.31. The average molecular weight is 625 g/mol. The van der Waals surface area contributed by atoms with Gasteiger partial charge in [0, 0.05) is 0 Å². The summed E-state index contributed by atoms with van der Waals surface area (Å²) in [5, 5.41) is 0. The monoisotopic (exact) mass is 624 g/mol. The predicted molar refractivity (Wildman–Crippen MR) is 173 cm³/mol. The van der Waals surface area contributed by atoms with Gasteiger partial charge in [0.15, 0.2) is 12.4 Å². The standard InChI is InChI=1S/C38H40O8/c1-3-23-42-38-36(46-37(39)31-19-21-32(40-2)22-20-31)35(44-26-30-17-11-6-12-18-30)34(43-25-29-15-9-5-10-16-29)33(45-38)27-41-24-28-13-7-4-8-14-28/h3-22,33-36,38H,1,23-27H2,2H3/t33-,34+,35+,36-,38-/m1/s1. The van der Waals surface area contributed by atoms with Crippen LogP contribution in [0.2, 0.25) is 0 Å². The first kappa shape index (κ1) is 33.1. The van der Waals surface area contributed by atoms with E-state index in [-0.39, 0.29) is 26.4 Å². The van der Waals surface area contributed by atoms with Gasteiger partial charge in [-0.3, -0.25) is 0 Å². The molecule has 0 N–H and O–H groups in total. The highest BCUT2D eigenvalue weighted by atomic mass is 16.7. The molecule has 8 nitrogen and oxygen atoms in total. The number of methoxy groups -OCH3 is 1. The number of hydrogen-bond acceptors (Lipinski definition) is 8. The summed E-state index contributed by atoms with van der Waals surface area (Å²) in [5.41, 5.74) is 3.31. The van der Waals surface area contributed by atoms with Gasteiger partial charge in [-0.25, -0.2) is 4.79 Å². The summed E-state index contributed by atoms with van der Waals surface area (Å²) in [6.45, 7) is 5.06. The molecule has 0 aromatic heterocycles. The van der Waals surface area contributed by atoms with Gasteiger partial charge < -0.3 is 33.2 Å². The summed E-state index contributed by atoms with van der Waals surface area (Å²) in [6.07, 6.45) is -2.42. The second kappa shape index (κ2) is 17.4. The Morgan fingerprint density at radius 3 is 1.78 bits per heavy atom. The lowest BCUT2D eigenvalue weighted by molar-refractivity contribution is -0.315. The Labute approximate surface area is 270 Å². The molecule has 1 saturated heterocycles. The molecule has 240 valence electrons. The van der Waals surface area contributed by atoms with Crippen molar-refractivity contribution in [3.05, 3.63) is 150 Å². The Kier molecular flexibility index (Phi) is 12.5. The van der Waals surface area contributed by atoms with Crippen LogP contribution in [0, 0.1) is 0 Å². The van der Waals surface area contributed by atoms with E-state index in [2.05, 4.69) is 6.58 Å². The van der Waals surface area contributed by atoms with Crippen LogP contribution < -0.4 is 4.74 Å². The summed E-state index contributed by atoms with van der Waals surface area (Å²) in [6, 6.07) is 36.2. The maximum Gasteiger partial charge on any atom is 0.338 e. The minimum Gasteiger partial charge on any atom is -0.497 e. The average Bonchev–Trinajstić information content (AvgIpc) is 3.11. The molecule has 0 spiro atoms. The van der Waals surface area contributed by atoms with Crippen molar-refractivity contribution in [2.75, 3.05) is 20.3 Å². The van der Waals surface area contributed by atoms with Gasteiger partial charge in [0.25, 0.3) is 0 Å². The first-order valence-electron chi connectivity index (χ1n) is 15.3. The summed E-state index contributed by atoms with van der Waals surface area (Å²) in [7, 11) is 1.57. The van der Waals surface area contributed by atoms with Gasteiger partial charge in [0.05, 0.1) is 45.7 Å². The fourth-order valence-corrected chi connectivity index (χ4v) is 5.15. The summed E-state index contributed by atoms with van der Waals surface area (Å²) >= 11 is 0. The van der Waals surface area contributed by atoms with E-state index >= 15 is 0 Å². The molecule has 4 aromatic rings. The van der Waals surface area contributed by atoms with Gasteiger partial charge in [0.2, 0.25) is 0 Å². The molecule has 5 rings (SSSR count). The molecule has 0 saturated carbocycles. The molecule has 0 bridgehead atoms. The molecular weight excluding hydrogens is 584 g/mol. The number of esters is 1. The third-order valence-electron chi connectivity index (χ3n) is 7.50. The van der Waals surface area contributed by atoms with Crippen LogP contribution in [0.15, 0.2) is 128 Å². The number of rotatable bonds is 16. The van der Waals surface area contributed by atoms with Crippen molar-refractivity contribution in [2.24, 2.45) is 0 Å². The van der Waals surface area contributed by atoms with E-state index in [1.807, 2.05) is 91.0 Å². The van der Waals surface area contributed by atoms with Gasteiger partial charge in [-0.2, -0.15) is 0 Å². The molecule has 46 heavy (non-hydrogen) atoms. The van der Waals surface area contributed by atoms with E-state index in [0.717, 1.165) is 16.7 Å². The molecule has 1 fully saturated rings. The zero-order chi connectivity index (χ0) is 32.0. The van der Waals surface area contributed by atoms with Crippen molar-refractivity contribution in [1.29, 1.82) is 0 Å². The van der Waals surface area contributed by atoms with E-state index in [0.29, 0.717) is 17.9 Å². The number of hydrogen-bond donors (Lipinski definition) is 0. The zero-order valence-electron chi connectivity index (χ0n) is 25.9. The van der Waals surface area contributed by atoms with Crippen molar-refractivity contribution >= 4 is 5.97 Å². The molecule has 4 aromatic carbocycles. The molecule has 0 radical (unpaired) electrons. The SMILES string of the molecule is C=CCO[C@@H]1O[C@H](COCc2ccccc2)[C@H](OCc2ccccc2)[C@H](OCc2ccccc2)[C@H]1OC(=O)c1ccc(OC)cc1. The van der Waals surface area contributed by atoms with E-state index in [1.165, 1.54) is 0 Å². The quantitative estimate of drug-likeness (QED) is 0.103. The van der Waals surface area contributed by atoms with Crippen molar-refractivity contribution in [1.82, 2.24) is 0 Å². The summed E-state index contributed by atoms with van der Waals surface area (Å²) in [5.74, 6) is 0.0684. The Balaban J connectivity index is 1.45. The number of ether oxygens (including phenoxy) is 7. The van der Waals surface area contributed by atoms with Crippen molar-refractivity contribution in [2.45, 2.75) is 50.5 Å². The smallest absolute Gasteiger partial charge is 0.338 e. The lowest BCUT2D eigenvalue weighted by Gasteiger charge is -2.45. The fraction of sp³-hybridized carbons (Fsp3) is 0.289. The largest absolute Gasteiger partial charge is 0.497 e. The lowest BCUT2D eigenvalue weighted by atomic mass is 9.97. The van der Waals surface area contributed by atoms with Crippen LogP contribution in [0.4, 0.5) is 0 Å². The van der Waals surface area contributed by atoms with E-state index in [4.69, 9.17) is 33.2 Å². The van der Waals surface area contributed by atoms with Crippen LogP contribution in [0.25, 0.3) is 0 Å². The molecule has 0 aliphatic carbocycles. The van der Waals surface area contributed by atoms with Gasteiger partial charge in [0.1, 0.15) is 24.1 Å². The van der Waals surface area contributed by atoms with Crippen LogP contribution in [0.1, 0.15) is 27.0 Å². The van der Waals surface area contributed by atoms with Gasteiger partial charge >= 0.3 is 5.97 Å². The number of benzene rings is 4. The van der Waals surface area contributed by atoms with Crippen molar-refractivity contribution in [3.63, 3.8) is 0 Å². The Bertz CT molecular complexity index is 1460. The van der Waals surface area contributed by atoms with Crippen LogP contribution in [-0.4, -0.2) is 57.0 Å². The maximum absolute atomic E-state index is 13.5. The third kappa shape index (κ3) is 9.36. The van der Waals surface area contributed by atoms with Crippen molar-refractivity contribution < 1.29 is 38.0 Å². The Morgan fingerprint density at radius 2 is 1.24 bits per heavy atom. The first-order chi connectivity index (χ1) is 22.6. The van der Waals surface area contributed by atoms with Crippen LogP contribution >= 0.6 is 0 Å². The molecular formula is C38H40O8. The van der Waals surface area contributed by atoms with Crippen LogP contribution in [0.5, 0.6) is 5.75 Å². The van der Waals surface area contributed by atoms with Crippen LogP contribution in [-0.2, 0) is 48.2 Å². The fourth-order valence-electron chi connectivity index (χ4n) is 5.15. The zero-order valence-corrected chi connectivity index (χ0v) is 25.9. The van der Waals surface area contributed by atoms with Gasteiger partial charge in [-0.1, -0.05) is 97.1 Å². The molecule has 0 unspecified atom stereocenters. The molecule has 0 amide bonds. The minimum absolute atomic E-state index is 0.166. The third-order valence-corrected chi connectivity index (χ3v) is 7.50.